The largest absolute Gasteiger partial charge is 0.334 e. The highest BCUT2D eigenvalue weighted by atomic mass is 79.9. The number of hydrogen-bond donors (Lipinski definition) is 1. The predicted molar refractivity (Wildman–Crippen MR) is 83.8 cm³/mol. The first-order valence-electron chi connectivity index (χ1n) is 6.49. The summed E-state index contributed by atoms with van der Waals surface area (Å²) in [6.45, 7) is 2.02. The zero-order valence-corrected chi connectivity index (χ0v) is 13.6. The molecule has 3 rings (SSSR count). The highest BCUT2D eigenvalue weighted by Crippen LogP contribution is 2.36. The summed E-state index contributed by atoms with van der Waals surface area (Å²) in [6, 6.07) is 5.94. The molecule has 0 atom stereocenters. The predicted octanol–water partition coefficient (Wildman–Crippen LogP) is 3.96. The molecule has 2 N–H and O–H groups in total. The van der Waals surface area contributed by atoms with E-state index in [1.165, 1.54) is 0 Å². The Morgan fingerprint density at radius 3 is 2.70 bits per heavy atom. The lowest BCUT2D eigenvalue weighted by atomic mass is 9.98. The van der Waals surface area contributed by atoms with Gasteiger partial charge in [-0.1, -0.05) is 40.0 Å². The van der Waals surface area contributed by atoms with Crippen LogP contribution in [0.4, 0.5) is 0 Å². The van der Waals surface area contributed by atoms with Crippen LogP contribution < -0.4 is 5.73 Å². The van der Waals surface area contributed by atoms with E-state index in [2.05, 4.69) is 26.1 Å². The molecule has 108 valence electrons. The monoisotopic (exact) mass is 357 g/mol. The smallest absolute Gasteiger partial charge is 0.258 e. The second-order valence-corrected chi connectivity index (χ2v) is 6.05. The molecule has 0 aliphatic heterocycles. The Balaban J connectivity index is 0.00000147. The van der Waals surface area contributed by atoms with E-state index in [0.29, 0.717) is 11.7 Å². The first-order chi connectivity index (χ1) is 9.10. The maximum Gasteiger partial charge on any atom is 0.258 e. The van der Waals surface area contributed by atoms with Gasteiger partial charge in [0.25, 0.3) is 5.89 Å². The number of nitrogens with two attached hydrogens (primary N) is 1. The third-order valence-corrected chi connectivity index (χ3v) is 4.72. The highest BCUT2D eigenvalue weighted by Gasteiger charge is 2.36. The molecule has 0 saturated heterocycles. The van der Waals surface area contributed by atoms with Crippen LogP contribution in [-0.4, -0.2) is 10.1 Å². The summed E-state index contributed by atoms with van der Waals surface area (Å²) in [5.74, 6) is 1.19. The molecule has 0 amide bonds. The van der Waals surface area contributed by atoms with Gasteiger partial charge >= 0.3 is 0 Å². The molecule has 1 heterocycles. The van der Waals surface area contributed by atoms with Gasteiger partial charge in [0.2, 0.25) is 0 Å². The van der Waals surface area contributed by atoms with Gasteiger partial charge in [-0.15, -0.1) is 12.4 Å². The van der Waals surface area contributed by atoms with Crippen LogP contribution in [0.25, 0.3) is 11.5 Å². The van der Waals surface area contributed by atoms with Gasteiger partial charge in [0.1, 0.15) is 0 Å². The highest BCUT2D eigenvalue weighted by molar-refractivity contribution is 9.10. The minimum atomic E-state index is -0.401. The minimum absolute atomic E-state index is 0. The molecule has 1 aromatic heterocycles. The van der Waals surface area contributed by atoms with Crippen molar-refractivity contribution >= 4 is 28.3 Å². The average Bonchev–Trinajstić information content (AvgIpc) is 3.02. The number of nitrogens with zero attached hydrogens (tertiary/aromatic N) is 2. The van der Waals surface area contributed by atoms with Gasteiger partial charge < -0.3 is 10.3 Å². The van der Waals surface area contributed by atoms with E-state index in [4.69, 9.17) is 10.3 Å². The van der Waals surface area contributed by atoms with Gasteiger partial charge in [0.15, 0.2) is 5.82 Å². The van der Waals surface area contributed by atoms with Crippen LogP contribution in [0.15, 0.2) is 27.2 Å². The minimum Gasteiger partial charge on any atom is -0.334 e. The molecule has 2 aromatic rings. The molecule has 0 bridgehead atoms. The number of halogens is 2. The molecule has 6 heteroatoms. The zero-order chi connectivity index (χ0) is 13.5. The number of hydrogen-bond acceptors (Lipinski definition) is 4. The SMILES string of the molecule is Cc1c(Br)cccc1-c1nc(C2(N)CCCC2)no1.Cl. The van der Waals surface area contributed by atoms with Crippen molar-refractivity contribution in [1.29, 1.82) is 0 Å². The molecule has 1 fully saturated rings. The van der Waals surface area contributed by atoms with E-state index in [1.54, 1.807) is 0 Å². The van der Waals surface area contributed by atoms with E-state index in [0.717, 1.165) is 41.3 Å². The summed E-state index contributed by atoms with van der Waals surface area (Å²) in [6.07, 6.45) is 4.14. The standard InChI is InChI=1S/C14H16BrN3O.ClH/c1-9-10(5-4-6-11(9)15)12-17-13(18-19-12)14(16)7-2-3-8-14;/h4-6H,2-3,7-8,16H2,1H3;1H. The quantitative estimate of drug-likeness (QED) is 0.882. The molecule has 1 aliphatic carbocycles. The Bertz CT molecular complexity index is 608. The third kappa shape index (κ3) is 2.62. The first-order valence-corrected chi connectivity index (χ1v) is 7.28. The number of benzene rings is 1. The molecule has 1 aromatic carbocycles. The summed E-state index contributed by atoms with van der Waals surface area (Å²) in [5, 5.41) is 4.09. The molecule has 4 nitrogen and oxygen atoms in total. The van der Waals surface area contributed by atoms with E-state index in [9.17, 15) is 0 Å². The Morgan fingerprint density at radius 1 is 1.30 bits per heavy atom. The van der Waals surface area contributed by atoms with Gasteiger partial charge in [0.05, 0.1) is 5.54 Å². The molecular weight excluding hydrogens is 342 g/mol. The lowest BCUT2D eigenvalue weighted by molar-refractivity contribution is 0.372. The third-order valence-electron chi connectivity index (χ3n) is 3.87. The van der Waals surface area contributed by atoms with Gasteiger partial charge in [0, 0.05) is 10.0 Å². The summed E-state index contributed by atoms with van der Waals surface area (Å²) < 4.78 is 6.44. The van der Waals surface area contributed by atoms with Crippen molar-refractivity contribution in [3.63, 3.8) is 0 Å². The van der Waals surface area contributed by atoms with Gasteiger partial charge in [-0.25, -0.2) is 0 Å². The van der Waals surface area contributed by atoms with Crippen LogP contribution in [0.2, 0.25) is 0 Å². The summed E-state index contributed by atoms with van der Waals surface area (Å²) in [4.78, 5) is 4.51. The Morgan fingerprint density at radius 2 is 2.00 bits per heavy atom. The van der Waals surface area contributed by atoms with Crippen LogP contribution >= 0.6 is 28.3 Å². The summed E-state index contributed by atoms with van der Waals surface area (Å²) in [5.41, 5.74) is 7.99. The zero-order valence-electron chi connectivity index (χ0n) is 11.2. The second kappa shape index (κ2) is 5.84. The Labute approximate surface area is 132 Å². The average molecular weight is 359 g/mol. The molecular formula is C14H17BrClN3O. The van der Waals surface area contributed by atoms with Crippen LogP contribution in [0, 0.1) is 6.92 Å². The molecule has 1 saturated carbocycles. The van der Waals surface area contributed by atoms with Crippen molar-refractivity contribution in [2.45, 2.75) is 38.1 Å². The molecule has 20 heavy (non-hydrogen) atoms. The van der Waals surface area contributed by atoms with Crippen molar-refractivity contribution in [2.24, 2.45) is 5.73 Å². The summed E-state index contributed by atoms with van der Waals surface area (Å²) in [7, 11) is 0. The number of aromatic nitrogens is 2. The van der Waals surface area contributed by atoms with E-state index in [1.807, 2.05) is 25.1 Å². The summed E-state index contributed by atoms with van der Waals surface area (Å²) >= 11 is 3.51. The molecule has 0 spiro atoms. The van der Waals surface area contributed by atoms with Gasteiger partial charge in [-0.3, -0.25) is 0 Å². The normalized spacial score (nSPS) is 16.9. The first kappa shape index (κ1) is 15.5. The lowest BCUT2D eigenvalue weighted by Gasteiger charge is -2.17. The number of rotatable bonds is 2. The fourth-order valence-electron chi connectivity index (χ4n) is 2.60. The second-order valence-electron chi connectivity index (χ2n) is 5.20. The molecule has 0 radical (unpaired) electrons. The molecule has 0 unspecified atom stereocenters. The van der Waals surface area contributed by atoms with Crippen LogP contribution in [0.3, 0.4) is 0 Å². The van der Waals surface area contributed by atoms with Crippen molar-refractivity contribution in [1.82, 2.24) is 10.1 Å². The van der Waals surface area contributed by atoms with Crippen LogP contribution in [0.1, 0.15) is 37.1 Å². The van der Waals surface area contributed by atoms with Crippen LogP contribution in [0.5, 0.6) is 0 Å². The van der Waals surface area contributed by atoms with Crippen molar-refractivity contribution in [2.75, 3.05) is 0 Å². The fourth-order valence-corrected chi connectivity index (χ4v) is 2.97. The van der Waals surface area contributed by atoms with Crippen molar-refractivity contribution in [3.05, 3.63) is 34.1 Å². The van der Waals surface area contributed by atoms with E-state index >= 15 is 0 Å². The Hall–Kier alpha value is -0.910. The Kier molecular flexibility index (Phi) is 4.52. The van der Waals surface area contributed by atoms with E-state index < -0.39 is 5.54 Å². The lowest BCUT2D eigenvalue weighted by Crippen LogP contribution is -2.34. The van der Waals surface area contributed by atoms with Crippen molar-refractivity contribution in [3.8, 4) is 11.5 Å². The van der Waals surface area contributed by atoms with Gasteiger partial charge in [-0.2, -0.15) is 4.98 Å². The molecule has 1 aliphatic rings. The maximum atomic E-state index is 6.35. The fraction of sp³-hybridized carbons (Fsp3) is 0.429. The topological polar surface area (TPSA) is 64.9 Å². The van der Waals surface area contributed by atoms with Gasteiger partial charge in [-0.05, 0) is 37.5 Å². The van der Waals surface area contributed by atoms with E-state index in [-0.39, 0.29) is 12.4 Å². The van der Waals surface area contributed by atoms with Crippen molar-refractivity contribution < 1.29 is 4.52 Å². The van der Waals surface area contributed by atoms with Crippen LogP contribution in [-0.2, 0) is 5.54 Å². The maximum absolute atomic E-state index is 6.35.